The predicted octanol–water partition coefficient (Wildman–Crippen LogP) is 3.96. The lowest BCUT2D eigenvalue weighted by Gasteiger charge is -2.46. The Morgan fingerprint density at radius 1 is 1.17 bits per heavy atom. The maximum atomic E-state index is 13.0. The number of benzene rings is 2. The highest BCUT2D eigenvalue weighted by atomic mass is 16.6. The number of piperidine rings is 1. The summed E-state index contributed by atoms with van der Waals surface area (Å²) >= 11 is 0. The SMILES string of the molecule is CCOc1ccccc1NC(=O)N1CC[C@H]2COC(=O)N(Cc3ccccc3)[C@H]2C1. The van der Waals surface area contributed by atoms with Crippen molar-refractivity contribution < 1.29 is 19.1 Å². The highest BCUT2D eigenvalue weighted by Gasteiger charge is 2.42. The van der Waals surface area contributed by atoms with Gasteiger partial charge >= 0.3 is 12.1 Å². The Morgan fingerprint density at radius 3 is 2.73 bits per heavy atom. The highest BCUT2D eigenvalue weighted by molar-refractivity contribution is 5.91. The van der Waals surface area contributed by atoms with Gasteiger partial charge in [0.15, 0.2) is 0 Å². The minimum atomic E-state index is -0.316. The number of rotatable bonds is 5. The number of ether oxygens (including phenoxy) is 2. The Kier molecular flexibility index (Phi) is 6.07. The molecule has 0 aromatic heterocycles. The Balaban J connectivity index is 1.47. The van der Waals surface area contributed by atoms with Crippen molar-refractivity contribution in [2.24, 2.45) is 5.92 Å². The lowest BCUT2D eigenvalue weighted by Crippen LogP contribution is -2.60. The number of cyclic esters (lactones) is 1. The molecule has 30 heavy (non-hydrogen) atoms. The van der Waals surface area contributed by atoms with Gasteiger partial charge in [-0.2, -0.15) is 0 Å². The molecule has 0 aliphatic carbocycles. The average Bonchev–Trinajstić information content (AvgIpc) is 2.77. The first-order valence-electron chi connectivity index (χ1n) is 10.4. The molecule has 2 atom stereocenters. The second-order valence-electron chi connectivity index (χ2n) is 7.61. The van der Waals surface area contributed by atoms with Crippen LogP contribution in [0.4, 0.5) is 15.3 Å². The number of fused-ring (bicyclic) bond motifs is 1. The number of nitrogens with zero attached hydrogens (tertiary/aromatic N) is 2. The Bertz CT molecular complexity index is 889. The molecule has 2 fully saturated rings. The average molecular weight is 409 g/mol. The fraction of sp³-hybridized carbons (Fsp3) is 0.391. The number of carbonyl (C=O) groups is 2. The topological polar surface area (TPSA) is 71.1 Å². The third-order valence-electron chi connectivity index (χ3n) is 5.69. The monoisotopic (exact) mass is 409 g/mol. The van der Waals surface area contributed by atoms with E-state index in [4.69, 9.17) is 9.47 Å². The van der Waals surface area contributed by atoms with Gasteiger partial charge in [0.1, 0.15) is 5.75 Å². The lowest BCUT2D eigenvalue weighted by atomic mass is 9.90. The number of urea groups is 1. The summed E-state index contributed by atoms with van der Waals surface area (Å²) in [4.78, 5) is 29.0. The molecule has 0 radical (unpaired) electrons. The summed E-state index contributed by atoms with van der Waals surface area (Å²) < 4.78 is 11.0. The number of nitrogens with one attached hydrogen (secondary N) is 1. The van der Waals surface area contributed by atoms with E-state index >= 15 is 0 Å². The number of anilines is 1. The fourth-order valence-corrected chi connectivity index (χ4v) is 4.12. The van der Waals surface area contributed by atoms with Gasteiger partial charge in [0.2, 0.25) is 0 Å². The molecule has 0 saturated carbocycles. The maximum Gasteiger partial charge on any atom is 0.410 e. The third kappa shape index (κ3) is 4.35. The van der Waals surface area contributed by atoms with Gasteiger partial charge in [-0.05, 0) is 31.0 Å². The second-order valence-corrected chi connectivity index (χ2v) is 7.61. The second kappa shape index (κ2) is 9.07. The first-order valence-corrected chi connectivity index (χ1v) is 10.4. The zero-order valence-electron chi connectivity index (χ0n) is 17.1. The molecule has 0 unspecified atom stereocenters. The van der Waals surface area contributed by atoms with E-state index in [-0.39, 0.29) is 24.1 Å². The van der Waals surface area contributed by atoms with Gasteiger partial charge in [0.05, 0.1) is 24.9 Å². The van der Waals surface area contributed by atoms with Crippen molar-refractivity contribution in [3.8, 4) is 5.75 Å². The molecule has 3 amide bonds. The Morgan fingerprint density at radius 2 is 1.93 bits per heavy atom. The van der Waals surface area contributed by atoms with E-state index in [1.54, 1.807) is 9.80 Å². The van der Waals surface area contributed by atoms with E-state index in [2.05, 4.69) is 5.32 Å². The van der Waals surface area contributed by atoms with E-state index < -0.39 is 0 Å². The Hall–Kier alpha value is -3.22. The van der Waals surface area contributed by atoms with Gasteiger partial charge in [-0.1, -0.05) is 42.5 Å². The standard InChI is InChI=1S/C23H27N3O4/c1-2-29-21-11-7-6-10-19(21)24-22(27)25-13-12-18-16-30-23(28)26(20(18)15-25)14-17-8-4-3-5-9-17/h3-11,18,20H,2,12-16H2,1H3,(H,24,27)/t18-,20-/m0/s1. The lowest BCUT2D eigenvalue weighted by molar-refractivity contribution is -0.0232. The molecular formula is C23H27N3O4. The normalized spacial score (nSPS) is 20.9. The Labute approximate surface area is 176 Å². The zero-order chi connectivity index (χ0) is 20.9. The summed E-state index contributed by atoms with van der Waals surface area (Å²) in [6, 6.07) is 17.0. The van der Waals surface area contributed by atoms with Crippen molar-refractivity contribution in [2.75, 3.05) is 31.6 Å². The number of amides is 3. The summed E-state index contributed by atoms with van der Waals surface area (Å²) in [5, 5.41) is 2.96. The predicted molar refractivity (Wildman–Crippen MR) is 113 cm³/mol. The minimum Gasteiger partial charge on any atom is -0.492 e. The molecule has 2 aliphatic heterocycles. The van der Waals surface area contributed by atoms with Crippen LogP contribution in [0.2, 0.25) is 0 Å². The van der Waals surface area contributed by atoms with E-state index in [1.807, 2.05) is 61.5 Å². The molecular weight excluding hydrogens is 382 g/mol. The van der Waals surface area contributed by atoms with Crippen molar-refractivity contribution in [2.45, 2.75) is 25.9 Å². The summed E-state index contributed by atoms with van der Waals surface area (Å²) in [6.45, 7) is 4.43. The van der Waals surface area contributed by atoms with Crippen LogP contribution in [0.15, 0.2) is 54.6 Å². The zero-order valence-corrected chi connectivity index (χ0v) is 17.1. The van der Waals surface area contributed by atoms with Crippen LogP contribution in [0.1, 0.15) is 18.9 Å². The molecule has 2 aromatic carbocycles. The highest BCUT2D eigenvalue weighted by Crippen LogP contribution is 2.30. The maximum absolute atomic E-state index is 13.0. The van der Waals surface area contributed by atoms with Gasteiger partial charge < -0.3 is 19.7 Å². The van der Waals surface area contributed by atoms with Crippen molar-refractivity contribution >= 4 is 17.8 Å². The van der Waals surface area contributed by atoms with Crippen LogP contribution in [0.3, 0.4) is 0 Å². The van der Waals surface area contributed by atoms with Crippen LogP contribution in [-0.2, 0) is 11.3 Å². The van der Waals surface area contributed by atoms with Crippen molar-refractivity contribution in [1.82, 2.24) is 9.80 Å². The molecule has 2 saturated heterocycles. The molecule has 1 N–H and O–H groups in total. The van der Waals surface area contributed by atoms with E-state index in [1.165, 1.54) is 0 Å². The van der Waals surface area contributed by atoms with Gasteiger partial charge in [0.25, 0.3) is 0 Å². The number of hydrogen-bond acceptors (Lipinski definition) is 4. The number of likely N-dealkylation sites (tertiary alicyclic amines) is 1. The van der Waals surface area contributed by atoms with Gasteiger partial charge in [0, 0.05) is 25.6 Å². The molecule has 7 nitrogen and oxygen atoms in total. The molecule has 2 heterocycles. The fourth-order valence-electron chi connectivity index (χ4n) is 4.12. The molecule has 4 rings (SSSR count). The van der Waals surface area contributed by atoms with Crippen LogP contribution in [0.25, 0.3) is 0 Å². The van der Waals surface area contributed by atoms with Crippen LogP contribution >= 0.6 is 0 Å². The minimum absolute atomic E-state index is 0.0620. The molecule has 0 bridgehead atoms. The van der Waals surface area contributed by atoms with Crippen LogP contribution in [-0.4, -0.2) is 54.3 Å². The quantitative estimate of drug-likeness (QED) is 0.811. The molecule has 2 aliphatic rings. The largest absolute Gasteiger partial charge is 0.492 e. The smallest absolute Gasteiger partial charge is 0.410 e. The van der Waals surface area contributed by atoms with Crippen molar-refractivity contribution in [1.29, 1.82) is 0 Å². The number of para-hydroxylation sites is 2. The summed E-state index contributed by atoms with van der Waals surface area (Å²) in [7, 11) is 0. The summed E-state index contributed by atoms with van der Waals surface area (Å²) in [6.07, 6.45) is 0.480. The molecule has 0 spiro atoms. The molecule has 7 heteroatoms. The van der Waals surface area contributed by atoms with Gasteiger partial charge in [-0.25, -0.2) is 9.59 Å². The van der Waals surface area contributed by atoms with Gasteiger partial charge in [-0.3, -0.25) is 4.90 Å². The third-order valence-corrected chi connectivity index (χ3v) is 5.69. The number of carbonyl (C=O) groups excluding carboxylic acids is 2. The van der Waals surface area contributed by atoms with E-state index in [0.29, 0.717) is 44.3 Å². The summed E-state index contributed by atoms with van der Waals surface area (Å²) in [5.74, 6) is 0.876. The van der Waals surface area contributed by atoms with Crippen molar-refractivity contribution in [3.63, 3.8) is 0 Å². The number of hydrogen-bond donors (Lipinski definition) is 1. The van der Waals surface area contributed by atoms with E-state index in [0.717, 1.165) is 12.0 Å². The van der Waals surface area contributed by atoms with Crippen LogP contribution in [0.5, 0.6) is 5.75 Å². The van der Waals surface area contributed by atoms with E-state index in [9.17, 15) is 9.59 Å². The van der Waals surface area contributed by atoms with Crippen LogP contribution in [0, 0.1) is 5.92 Å². The first-order chi connectivity index (χ1) is 14.7. The van der Waals surface area contributed by atoms with Crippen molar-refractivity contribution in [3.05, 3.63) is 60.2 Å². The molecule has 2 aromatic rings. The van der Waals surface area contributed by atoms with Gasteiger partial charge in [-0.15, -0.1) is 0 Å². The first kappa shape index (κ1) is 20.1. The summed E-state index contributed by atoms with van der Waals surface area (Å²) in [5.41, 5.74) is 1.69. The molecule has 158 valence electrons. The van der Waals surface area contributed by atoms with Crippen LogP contribution < -0.4 is 10.1 Å².